The third kappa shape index (κ3) is 2.50. The number of fused-ring (bicyclic) bond motifs is 1. The van der Waals surface area contributed by atoms with Crippen molar-refractivity contribution in [3.8, 4) is 10.6 Å². The molecule has 0 radical (unpaired) electrons. The highest BCUT2D eigenvalue weighted by atomic mass is 32.1. The van der Waals surface area contributed by atoms with Crippen LogP contribution in [0.2, 0.25) is 0 Å². The summed E-state index contributed by atoms with van der Waals surface area (Å²) in [5.74, 6) is 1.09. The van der Waals surface area contributed by atoms with Crippen molar-refractivity contribution < 1.29 is 0 Å². The zero-order valence-corrected chi connectivity index (χ0v) is 13.9. The monoisotopic (exact) mass is 326 g/mol. The van der Waals surface area contributed by atoms with Crippen molar-refractivity contribution in [3.63, 3.8) is 0 Å². The number of rotatable bonds is 3. The maximum absolute atomic E-state index is 6.21. The number of thiazole rings is 1. The molecule has 0 aromatic carbocycles. The smallest absolute Gasteiger partial charge is 0.225 e. The lowest BCUT2D eigenvalue weighted by Gasteiger charge is -2.26. The summed E-state index contributed by atoms with van der Waals surface area (Å²) in [7, 11) is 0. The van der Waals surface area contributed by atoms with Crippen LogP contribution in [0.4, 0.5) is 11.8 Å². The molecule has 0 unspecified atom stereocenters. The van der Waals surface area contributed by atoms with E-state index in [4.69, 9.17) is 10.7 Å². The maximum atomic E-state index is 6.21. The van der Waals surface area contributed by atoms with E-state index in [1.807, 2.05) is 19.9 Å². The first kappa shape index (κ1) is 14.3. The van der Waals surface area contributed by atoms with Crippen molar-refractivity contribution in [2.75, 3.05) is 11.1 Å². The van der Waals surface area contributed by atoms with Gasteiger partial charge in [-0.25, -0.2) is 9.97 Å². The fourth-order valence-corrected chi connectivity index (χ4v) is 3.87. The molecule has 3 N–H and O–H groups in total. The Hall–Kier alpha value is -2.28. The summed E-state index contributed by atoms with van der Waals surface area (Å²) in [6.45, 7) is 3.92. The molecule has 118 valence electrons. The molecule has 3 aromatic heterocycles. The molecule has 0 aliphatic heterocycles. The normalized spacial score (nSPS) is 14.9. The van der Waals surface area contributed by atoms with Crippen molar-refractivity contribution in [2.24, 2.45) is 0 Å². The first-order valence-corrected chi connectivity index (χ1v) is 8.56. The van der Waals surface area contributed by atoms with E-state index >= 15 is 0 Å². The quantitative estimate of drug-likeness (QED) is 0.767. The summed E-state index contributed by atoms with van der Waals surface area (Å²) in [4.78, 5) is 18.0. The van der Waals surface area contributed by atoms with Crippen molar-refractivity contribution >= 4 is 33.3 Å². The van der Waals surface area contributed by atoms with Crippen LogP contribution in [-0.2, 0) is 0 Å². The van der Waals surface area contributed by atoms with Crippen LogP contribution >= 0.6 is 11.3 Å². The first-order chi connectivity index (χ1) is 11.1. The highest BCUT2D eigenvalue weighted by molar-refractivity contribution is 7.21. The molecule has 6 nitrogen and oxygen atoms in total. The molecule has 0 spiro atoms. The Morgan fingerprint density at radius 3 is 2.65 bits per heavy atom. The Morgan fingerprint density at radius 2 is 2.00 bits per heavy atom. The molecule has 0 saturated heterocycles. The SMILES string of the molecule is Cc1nc(NC2CCC2)nc(N)c1-c1nc2c(C)nccc2s1. The fourth-order valence-electron chi connectivity index (χ4n) is 2.75. The van der Waals surface area contributed by atoms with Crippen molar-refractivity contribution in [3.05, 3.63) is 23.7 Å². The zero-order valence-electron chi connectivity index (χ0n) is 13.1. The van der Waals surface area contributed by atoms with E-state index in [1.54, 1.807) is 17.5 Å². The molecule has 0 atom stereocenters. The molecule has 3 aromatic rings. The Kier molecular flexibility index (Phi) is 3.37. The summed E-state index contributed by atoms with van der Waals surface area (Å²) in [5, 5.41) is 4.19. The van der Waals surface area contributed by atoms with Crippen LogP contribution < -0.4 is 11.1 Å². The Morgan fingerprint density at radius 1 is 1.17 bits per heavy atom. The molecule has 1 aliphatic carbocycles. The second-order valence-corrected chi connectivity index (χ2v) is 6.96. The largest absolute Gasteiger partial charge is 0.383 e. The lowest BCUT2D eigenvalue weighted by Crippen LogP contribution is -2.28. The predicted molar refractivity (Wildman–Crippen MR) is 93.6 cm³/mol. The number of nitrogens with zero attached hydrogens (tertiary/aromatic N) is 4. The van der Waals surface area contributed by atoms with E-state index < -0.39 is 0 Å². The Labute approximate surface area is 138 Å². The van der Waals surface area contributed by atoms with Gasteiger partial charge in [0.2, 0.25) is 5.95 Å². The van der Waals surface area contributed by atoms with Crippen LogP contribution in [0, 0.1) is 13.8 Å². The van der Waals surface area contributed by atoms with Crippen LogP contribution in [0.15, 0.2) is 12.3 Å². The highest BCUT2D eigenvalue weighted by Crippen LogP contribution is 2.35. The Balaban J connectivity index is 1.76. The minimum Gasteiger partial charge on any atom is -0.383 e. The third-order valence-corrected chi connectivity index (χ3v) is 5.30. The second-order valence-electron chi connectivity index (χ2n) is 5.93. The van der Waals surface area contributed by atoms with E-state index in [-0.39, 0.29) is 0 Å². The first-order valence-electron chi connectivity index (χ1n) is 7.75. The number of hydrogen-bond acceptors (Lipinski definition) is 7. The van der Waals surface area contributed by atoms with Gasteiger partial charge in [0.05, 0.1) is 21.7 Å². The average Bonchev–Trinajstić information content (AvgIpc) is 2.87. The predicted octanol–water partition coefficient (Wildman–Crippen LogP) is 3.31. The van der Waals surface area contributed by atoms with Gasteiger partial charge in [0.25, 0.3) is 0 Å². The van der Waals surface area contributed by atoms with Crippen LogP contribution in [0.1, 0.15) is 30.7 Å². The van der Waals surface area contributed by atoms with E-state index in [0.29, 0.717) is 17.8 Å². The average molecular weight is 326 g/mol. The van der Waals surface area contributed by atoms with Gasteiger partial charge in [0.15, 0.2) is 0 Å². The topological polar surface area (TPSA) is 89.6 Å². The number of nitrogen functional groups attached to an aromatic ring is 1. The summed E-state index contributed by atoms with van der Waals surface area (Å²) in [5.41, 5.74) is 9.73. The van der Waals surface area contributed by atoms with Crippen LogP contribution in [0.25, 0.3) is 20.8 Å². The molecule has 1 fully saturated rings. The van der Waals surface area contributed by atoms with Crippen molar-refractivity contribution in [1.82, 2.24) is 19.9 Å². The molecule has 1 saturated carbocycles. The van der Waals surface area contributed by atoms with Crippen LogP contribution in [-0.4, -0.2) is 26.0 Å². The molecule has 0 amide bonds. The van der Waals surface area contributed by atoms with Gasteiger partial charge < -0.3 is 11.1 Å². The van der Waals surface area contributed by atoms with Gasteiger partial charge in [-0.2, -0.15) is 4.98 Å². The summed E-state index contributed by atoms with van der Waals surface area (Å²) >= 11 is 1.60. The van der Waals surface area contributed by atoms with Gasteiger partial charge in [-0.05, 0) is 39.2 Å². The molecule has 3 heterocycles. The molecule has 4 rings (SSSR count). The van der Waals surface area contributed by atoms with Gasteiger partial charge in [-0.15, -0.1) is 11.3 Å². The van der Waals surface area contributed by atoms with Crippen LogP contribution in [0.5, 0.6) is 0 Å². The van der Waals surface area contributed by atoms with E-state index in [2.05, 4.69) is 20.3 Å². The second kappa shape index (κ2) is 5.42. The number of aryl methyl sites for hydroxylation is 2. The van der Waals surface area contributed by atoms with E-state index in [0.717, 1.165) is 32.2 Å². The molecule has 7 heteroatoms. The van der Waals surface area contributed by atoms with Crippen LogP contribution in [0.3, 0.4) is 0 Å². The third-order valence-electron chi connectivity index (χ3n) is 4.26. The van der Waals surface area contributed by atoms with Gasteiger partial charge in [0.1, 0.15) is 16.3 Å². The maximum Gasteiger partial charge on any atom is 0.225 e. The lowest BCUT2D eigenvalue weighted by atomic mass is 9.93. The number of pyridine rings is 1. The Bertz CT molecular complexity index is 860. The van der Waals surface area contributed by atoms with Gasteiger partial charge in [0, 0.05) is 12.2 Å². The summed E-state index contributed by atoms with van der Waals surface area (Å²) in [6.07, 6.45) is 5.42. The van der Waals surface area contributed by atoms with Gasteiger partial charge >= 0.3 is 0 Å². The molecule has 23 heavy (non-hydrogen) atoms. The number of hydrogen-bond donors (Lipinski definition) is 2. The summed E-state index contributed by atoms with van der Waals surface area (Å²) < 4.78 is 1.10. The fraction of sp³-hybridized carbons (Fsp3) is 0.375. The molecule has 1 aliphatic rings. The van der Waals surface area contributed by atoms with Crippen molar-refractivity contribution in [1.29, 1.82) is 0 Å². The van der Waals surface area contributed by atoms with E-state index in [1.165, 1.54) is 19.3 Å². The lowest BCUT2D eigenvalue weighted by molar-refractivity contribution is 0.443. The summed E-state index contributed by atoms with van der Waals surface area (Å²) in [6, 6.07) is 2.46. The highest BCUT2D eigenvalue weighted by Gasteiger charge is 2.20. The zero-order chi connectivity index (χ0) is 16.0. The number of anilines is 2. The molecular formula is C16H18N6S. The number of nitrogens with one attached hydrogen (secondary N) is 1. The van der Waals surface area contributed by atoms with Gasteiger partial charge in [-0.3, -0.25) is 4.98 Å². The number of aromatic nitrogens is 4. The van der Waals surface area contributed by atoms with Gasteiger partial charge in [-0.1, -0.05) is 0 Å². The van der Waals surface area contributed by atoms with E-state index in [9.17, 15) is 0 Å². The minimum atomic E-state index is 0.476. The molecular weight excluding hydrogens is 308 g/mol. The number of nitrogens with two attached hydrogens (primary N) is 1. The van der Waals surface area contributed by atoms with Crippen molar-refractivity contribution in [2.45, 2.75) is 39.2 Å². The molecule has 0 bridgehead atoms. The minimum absolute atomic E-state index is 0.476. The standard InChI is InChI=1S/C16H18N6S/c1-8-12(14(17)22-16(19-8)20-10-4-3-5-10)15-21-13-9(2)18-7-6-11(13)23-15/h6-7,10H,3-5H2,1-2H3,(H3,17,19,20,22).